The summed E-state index contributed by atoms with van der Waals surface area (Å²) in [6.45, 7) is 0. The molecule has 0 aliphatic carbocycles. The fourth-order valence-electron chi connectivity index (χ4n) is 1.59. The monoisotopic (exact) mass is 224 g/mol. The second-order valence-electron chi connectivity index (χ2n) is 3.47. The largest absolute Gasteiger partial charge is 0.287 e. The number of nitriles is 1. The zero-order valence-corrected chi connectivity index (χ0v) is 8.83. The third-order valence-corrected chi connectivity index (χ3v) is 2.42. The van der Waals surface area contributed by atoms with Gasteiger partial charge in [-0.25, -0.2) is 0 Å². The van der Waals surface area contributed by atoms with E-state index in [1.807, 2.05) is 36.4 Å². The van der Waals surface area contributed by atoms with Crippen LogP contribution in [0.2, 0.25) is 0 Å². The molecule has 0 amide bonds. The highest BCUT2D eigenvalue weighted by Crippen LogP contribution is 2.26. The van der Waals surface area contributed by atoms with Gasteiger partial charge in [0.2, 0.25) is 0 Å². The summed E-state index contributed by atoms with van der Waals surface area (Å²) in [6, 6.07) is 15.8. The summed E-state index contributed by atoms with van der Waals surface area (Å²) in [5, 5.41) is 19.6. The Morgan fingerprint density at radius 1 is 1.06 bits per heavy atom. The number of hydrogen-bond donors (Lipinski definition) is 0. The van der Waals surface area contributed by atoms with Crippen LogP contribution in [0.1, 0.15) is 5.56 Å². The van der Waals surface area contributed by atoms with Gasteiger partial charge in [0.15, 0.2) is 0 Å². The van der Waals surface area contributed by atoms with Crippen molar-refractivity contribution >= 4 is 5.69 Å². The predicted octanol–water partition coefficient (Wildman–Crippen LogP) is 3.13. The molecule has 0 N–H and O–H groups in total. The second-order valence-corrected chi connectivity index (χ2v) is 3.47. The third-order valence-electron chi connectivity index (χ3n) is 2.42. The van der Waals surface area contributed by atoms with Gasteiger partial charge in [0.25, 0.3) is 5.69 Å². The molecule has 17 heavy (non-hydrogen) atoms. The maximum Gasteiger partial charge on any atom is 0.287 e. The normalized spacial score (nSPS) is 9.59. The highest BCUT2D eigenvalue weighted by molar-refractivity contribution is 5.68. The first-order chi connectivity index (χ1) is 8.22. The number of nitrogens with zero attached hydrogens (tertiary/aromatic N) is 2. The summed E-state index contributed by atoms with van der Waals surface area (Å²) in [6.07, 6.45) is 0. The summed E-state index contributed by atoms with van der Waals surface area (Å²) in [5.41, 5.74) is 1.54. The van der Waals surface area contributed by atoms with E-state index >= 15 is 0 Å². The van der Waals surface area contributed by atoms with Crippen molar-refractivity contribution in [3.8, 4) is 17.2 Å². The third kappa shape index (κ3) is 2.13. The Balaban J connectivity index is 2.56. The molecular weight excluding hydrogens is 216 g/mol. The Morgan fingerprint density at radius 3 is 2.35 bits per heavy atom. The van der Waals surface area contributed by atoms with Crippen LogP contribution in [-0.4, -0.2) is 4.92 Å². The molecule has 0 aliphatic heterocycles. The maximum atomic E-state index is 10.8. The molecule has 4 heteroatoms. The molecule has 2 aromatic carbocycles. The molecule has 2 rings (SSSR count). The van der Waals surface area contributed by atoms with Gasteiger partial charge in [-0.05, 0) is 17.2 Å². The molecule has 0 fully saturated rings. The highest BCUT2D eigenvalue weighted by atomic mass is 16.6. The smallest absolute Gasteiger partial charge is 0.258 e. The predicted molar refractivity (Wildman–Crippen MR) is 63.2 cm³/mol. The fourth-order valence-corrected chi connectivity index (χ4v) is 1.59. The lowest BCUT2D eigenvalue weighted by molar-refractivity contribution is -0.385. The first-order valence-electron chi connectivity index (χ1n) is 4.96. The van der Waals surface area contributed by atoms with Crippen LogP contribution in [0, 0.1) is 21.4 Å². The van der Waals surface area contributed by atoms with Gasteiger partial charge in [-0.15, -0.1) is 0 Å². The number of nitro benzene ring substituents is 1. The van der Waals surface area contributed by atoms with Crippen molar-refractivity contribution < 1.29 is 4.92 Å². The quantitative estimate of drug-likeness (QED) is 0.581. The molecule has 0 unspecified atom stereocenters. The minimum Gasteiger partial charge on any atom is -0.258 e. The molecule has 4 nitrogen and oxygen atoms in total. The van der Waals surface area contributed by atoms with Crippen LogP contribution in [0.4, 0.5) is 5.69 Å². The van der Waals surface area contributed by atoms with E-state index in [-0.39, 0.29) is 11.3 Å². The minimum atomic E-state index is -0.537. The Hall–Kier alpha value is -2.67. The molecule has 0 radical (unpaired) electrons. The Labute approximate surface area is 97.9 Å². The molecule has 82 valence electrons. The highest BCUT2D eigenvalue weighted by Gasteiger charge is 2.14. The average molecular weight is 224 g/mol. The van der Waals surface area contributed by atoms with Crippen LogP contribution >= 0.6 is 0 Å². The molecule has 0 aromatic heterocycles. The van der Waals surface area contributed by atoms with E-state index in [0.29, 0.717) is 0 Å². The summed E-state index contributed by atoms with van der Waals surface area (Å²) < 4.78 is 0. The molecular formula is C13H8N2O2. The van der Waals surface area contributed by atoms with Crippen LogP contribution in [0.25, 0.3) is 11.1 Å². The molecule has 0 heterocycles. The van der Waals surface area contributed by atoms with Crippen molar-refractivity contribution in [2.45, 2.75) is 0 Å². The van der Waals surface area contributed by atoms with Crippen molar-refractivity contribution in [2.24, 2.45) is 0 Å². The van der Waals surface area contributed by atoms with E-state index < -0.39 is 4.92 Å². The lowest BCUT2D eigenvalue weighted by atomic mass is 10.0. The van der Waals surface area contributed by atoms with Crippen LogP contribution in [0.15, 0.2) is 48.5 Å². The maximum absolute atomic E-state index is 10.8. The van der Waals surface area contributed by atoms with Crippen molar-refractivity contribution in [1.82, 2.24) is 0 Å². The Morgan fingerprint density at radius 2 is 1.76 bits per heavy atom. The summed E-state index contributed by atoms with van der Waals surface area (Å²) in [7, 11) is 0. The first-order valence-corrected chi connectivity index (χ1v) is 4.96. The summed E-state index contributed by atoms with van der Waals surface area (Å²) in [5.74, 6) is 0. The van der Waals surface area contributed by atoms with Crippen LogP contribution in [0.3, 0.4) is 0 Å². The molecule has 0 atom stereocenters. The lowest BCUT2D eigenvalue weighted by Gasteiger charge is -2.02. The van der Waals surface area contributed by atoms with Gasteiger partial charge in [0.1, 0.15) is 11.6 Å². The summed E-state index contributed by atoms with van der Waals surface area (Å²) in [4.78, 5) is 10.3. The van der Waals surface area contributed by atoms with E-state index in [4.69, 9.17) is 5.26 Å². The molecule has 0 saturated carbocycles. The van der Waals surface area contributed by atoms with E-state index in [0.717, 1.165) is 11.1 Å². The Bertz CT molecular complexity index is 601. The van der Waals surface area contributed by atoms with Crippen molar-refractivity contribution in [1.29, 1.82) is 5.26 Å². The van der Waals surface area contributed by atoms with E-state index in [1.165, 1.54) is 12.1 Å². The molecule has 0 saturated heterocycles. The number of rotatable bonds is 2. The molecule has 0 spiro atoms. The van der Waals surface area contributed by atoms with Crippen molar-refractivity contribution in [3.05, 3.63) is 64.2 Å². The zero-order chi connectivity index (χ0) is 12.3. The number of hydrogen-bond acceptors (Lipinski definition) is 3. The first kappa shape index (κ1) is 10.8. The topological polar surface area (TPSA) is 66.9 Å². The Kier molecular flexibility index (Phi) is 2.84. The molecule has 2 aromatic rings. The lowest BCUT2D eigenvalue weighted by Crippen LogP contribution is -1.92. The van der Waals surface area contributed by atoms with Gasteiger partial charge in [-0.3, -0.25) is 10.1 Å². The number of benzene rings is 2. The van der Waals surface area contributed by atoms with Crippen molar-refractivity contribution in [2.75, 3.05) is 0 Å². The van der Waals surface area contributed by atoms with Gasteiger partial charge in [-0.1, -0.05) is 36.4 Å². The van der Waals surface area contributed by atoms with Gasteiger partial charge < -0.3 is 0 Å². The molecule has 0 bridgehead atoms. The second kappa shape index (κ2) is 4.45. The molecule has 0 aliphatic rings. The standard InChI is InChI=1S/C13H8N2O2/c14-9-12-7-6-11(8-13(12)15(16)17)10-4-2-1-3-5-10/h1-8H. The van der Waals surface area contributed by atoms with E-state index in [2.05, 4.69) is 0 Å². The van der Waals surface area contributed by atoms with Gasteiger partial charge in [0, 0.05) is 6.07 Å². The van der Waals surface area contributed by atoms with Crippen LogP contribution < -0.4 is 0 Å². The van der Waals surface area contributed by atoms with Gasteiger partial charge in [0.05, 0.1) is 4.92 Å². The van der Waals surface area contributed by atoms with E-state index in [9.17, 15) is 10.1 Å². The van der Waals surface area contributed by atoms with Crippen molar-refractivity contribution in [3.63, 3.8) is 0 Å². The van der Waals surface area contributed by atoms with Crippen LogP contribution in [-0.2, 0) is 0 Å². The zero-order valence-electron chi connectivity index (χ0n) is 8.83. The number of nitro groups is 1. The average Bonchev–Trinajstić information content (AvgIpc) is 2.39. The van der Waals surface area contributed by atoms with Crippen LogP contribution in [0.5, 0.6) is 0 Å². The summed E-state index contributed by atoms with van der Waals surface area (Å²) >= 11 is 0. The minimum absolute atomic E-state index is 0.0784. The SMILES string of the molecule is N#Cc1ccc(-c2ccccc2)cc1[N+](=O)[O-]. The van der Waals surface area contributed by atoms with Gasteiger partial charge in [-0.2, -0.15) is 5.26 Å². The van der Waals surface area contributed by atoms with Gasteiger partial charge >= 0.3 is 0 Å². The van der Waals surface area contributed by atoms with E-state index in [1.54, 1.807) is 6.07 Å². The fraction of sp³-hybridized carbons (Fsp3) is 0.